The Morgan fingerprint density at radius 2 is 1.80 bits per heavy atom. The van der Waals surface area contributed by atoms with Crippen molar-refractivity contribution in [1.82, 2.24) is 15.0 Å². The monoisotopic (exact) mass is 273 g/mol. The van der Waals surface area contributed by atoms with Crippen LogP contribution in [0.4, 0.5) is 11.9 Å². The van der Waals surface area contributed by atoms with Gasteiger partial charge in [-0.15, -0.1) is 0 Å². The summed E-state index contributed by atoms with van der Waals surface area (Å²) in [5.74, 6) is 1.73. The second-order valence-corrected chi connectivity index (χ2v) is 4.49. The van der Waals surface area contributed by atoms with E-state index in [1.807, 2.05) is 38.4 Å². The molecule has 0 radical (unpaired) electrons. The van der Waals surface area contributed by atoms with Gasteiger partial charge < -0.3 is 15.0 Å². The standard InChI is InChI=1S/C14H19N5O/c1-5-10-6-8-11(9-7-10)20-14-17-12(15-2)16-13(18-14)19(3)4/h6-9H,5H2,1-4H3,(H,15,16,17,18). The largest absolute Gasteiger partial charge is 0.424 e. The van der Waals surface area contributed by atoms with Gasteiger partial charge in [-0.1, -0.05) is 19.1 Å². The van der Waals surface area contributed by atoms with Crippen LogP contribution in [-0.2, 0) is 6.42 Å². The Kier molecular flexibility index (Phi) is 4.34. The number of hydrogen-bond donors (Lipinski definition) is 1. The summed E-state index contributed by atoms with van der Waals surface area (Å²) in [6, 6.07) is 8.16. The third-order valence-corrected chi connectivity index (χ3v) is 2.77. The van der Waals surface area contributed by atoms with Gasteiger partial charge in [0.05, 0.1) is 0 Å². The fourth-order valence-corrected chi connectivity index (χ4v) is 1.60. The third kappa shape index (κ3) is 3.34. The van der Waals surface area contributed by atoms with E-state index in [4.69, 9.17) is 4.74 Å². The highest BCUT2D eigenvalue weighted by Crippen LogP contribution is 2.21. The molecule has 1 aromatic heterocycles. The summed E-state index contributed by atoms with van der Waals surface area (Å²) in [5, 5.41) is 2.90. The Bertz CT molecular complexity index is 568. The van der Waals surface area contributed by atoms with Crippen molar-refractivity contribution in [2.45, 2.75) is 13.3 Å². The van der Waals surface area contributed by atoms with E-state index in [2.05, 4.69) is 27.2 Å². The van der Waals surface area contributed by atoms with Gasteiger partial charge in [0.15, 0.2) is 0 Å². The lowest BCUT2D eigenvalue weighted by molar-refractivity contribution is 0.440. The van der Waals surface area contributed by atoms with Gasteiger partial charge in [0.1, 0.15) is 5.75 Å². The minimum Gasteiger partial charge on any atom is -0.424 e. The molecule has 6 heteroatoms. The molecule has 0 amide bonds. The smallest absolute Gasteiger partial charge is 0.328 e. The quantitative estimate of drug-likeness (QED) is 0.902. The molecule has 0 fully saturated rings. The van der Waals surface area contributed by atoms with E-state index in [0.717, 1.165) is 6.42 Å². The molecule has 0 aliphatic rings. The lowest BCUT2D eigenvalue weighted by atomic mass is 10.2. The predicted octanol–water partition coefficient (Wildman–Crippen LogP) is 2.33. The molecule has 2 aromatic rings. The number of nitrogens with zero attached hydrogens (tertiary/aromatic N) is 4. The molecule has 20 heavy (non-hydrogen) atoms. The second kappa shape index (κ2) is 6.18. The number of nitrogens with one attached hydrogen (secondary N) is 1. The second-order valence-electron chi connectivity index (χ2n) is 4.49. The van der Waals surface area contributed by atoms with Crippen LogP contribution in [0.3, 0.4) is 0 Å². The molecule has 0 unspecified atom stereocenters. The number of aryl methyl sites for hydroxylation is 1. The van der Waals surface area contributed by atoms with Crippen LogP contribution in [-0.4, -0.2) is 36.1 Å². The van der Waals surface area contributed by atoms with Crippen LogP contribution >= 0.6 is 0 Å². The molecule has 1 heterocycles. The molecule has 2 rings (SSSR count). The van der Waals surface area contributed by atoms with Gasteiger partial charge in [0.2, 0.25) is 11.9 Å². The van der Waals surface area contributed by atoms with Gasteiger partial charge in [-0.05, 0) is 24.1 Å². The number of benzene rings is 1. The maximum absolute atomic E-state index is 5.68. The highest BCUT2D eigenvalue weighted by Gasteiger charge is 2.09. The summed E-state index contributed by atoms with van der Waals surface area (Å²) < 4.78 is 5.68. The Hall–Kier alpha value is -2.37. The normalized spacial score (nSPS) is 10.2. The van der Waals surface area contributed by atoms with E-state index in [0.29, 0.717) is 17.6 Å². The van der Waals surface area contributed by atoms with Crippen molar-refractivity contribution in [2.24, 2.45) is 0 Å². The van der Waals surface area contributed by atoms with Crippen molar-refractivity contribution in [1.29, 1.82) is 0 Å². The van der Waals surface area contributed by atoms with Gasteiger partial charge in [0.25, 0.3) is 0 Å². The average Bonchev–Trinajstić information content (AvgIpc) is 2.47. The molecule has 0 atom stereocenters. The van der Waals surface area contributed by atoms with Crippen LogP contribution in [0.5, 0.6) is 11.8 Å². The van der Waals surface area contributed by atoms with E-state index in [1.165, 1.54) is 5.56 Å². The number of aromatic nitrogens is 3. The van der Waals surface area contributed by atoms with E-state index in [-0.39, 0.29) is 6.01 Å². The van der Waals surface area contributed by atoms with Crippen molar-refractivity contribution < 1.29 is 4.74 Å². The summed E-state index contributed by atoms with van der Waals surface area (Å²) in [5.41, 5.74) is 1.26. The molecule has 6 nitrogen and oxygen atoms in total. The fourth-order valence-electron chi connectivity index (χ4n) is 1.60. The molecule has 0 aliphatic carbocycles. The van der Waals surface area contributed by atoms with Gasteiger partial charge in [-0.3, -0.25) is 0 Å². The SMILES string of the molecule is CCc1ccc(Oc2nc(NC)nc(N(C)C)n2)cc1. The van der Waals surface area contributed by atoms with Crippen LogP contribution in [0.2, 0.25) is 0 Å². The summed E-state index contributed by atoms with van der Waals surface area (Å²) in [6.45, 7) is 2.12. The van der Waals surface area contributed by atoms with Crippen LogP contribution < -0.4 is 15.0 Å². The molecule has 0 spiro atoms. The van der Waals surface area contributed by atoms with Crippen LogP contribution in [0.25, 0.3) is 0 Å². The molecule has 0 bridgehead atoms. The van der Waals surface area contributed by atoms with Crippen molar-refractivity contribution in [3.05, 3.63) is 29.8 Å². The average molecular weight is 273 g/mol. The van der Waals surface area contributed by atoms with Gasteiger partial charge in [-0.25, -0.2) is 0 Å². The topological polar surface area (TPSA) is 63.2 Å². The summed E-state index contributed by atoms with van der Waals surface area (Å²) in [7, 11) is 5.50. The molecule has 1 N–H and O–H groups in total. The van der Waals surface area contributed by atoms with E-state index < -0.39 is 0 Å². The first-order valence-electron chi connectivity index (χ1n) is 6.50. The first-order chi connectivity index (χ1) is 9.62. The van der Waals surface area contributed by atoms with Gasteiger partial charge in [-0.2, -0.15) is 15.0 Å². The first-order valence-corrected chi connectivity index (χ1v) is 6.50. The van der Waals surface area contributed by atoms with Crippen molar-refractivity contribution >= 4 is 11.9 Å². The number of anilines is 2. The minimum absolute atomic E-state index is 0.275. The zero-order chi connectivity index (χ0) is 14.5. The Morgan fingerprint density at radius 3 is 2.35 bits per heavy atom. The maximum atomic E-state index is 5.68. The fraction of sp³-hybridized carbons (Fsp3) is 0.357. The van der Waals surface area contributed by atoms with Crippen molar-refractivity contribution in [3.8, 4) is 11.8 Å². The maximum Gasteiger partial charge on any atom is 0.328 e. The van der Waals surface area contributed by atoms with Gasteiger partial charge in [0, 0.05) is 21.1 Å². The summed E-state index contributed by atoms with van der Waals surface area (Å²) in [4.78, 5) is 14.5. The zero-order valence-electron chi connectivity index (χ0n) is 12.2. The van der Waals surface area contributed by atoms with Crippen molar-refractivity contribution in [2.75, 3.05) is 31.4 Å². The highest BCUT2D eigenvalue weighted by molar-refractivity contribution is 5.38. The van der Waals surface area contributed by atoms with Gasteiger partial charge >= 0.3 is 6.01 Å². The lowest BCUT2D eigenvalue weighted by Crippen LogP contribution is -2.15. The highest BCUT2D eigenvalue weighted by atomic mass is 16.5. The Morgan fingerprint density at radius 1 is 1.10 bits per heavy atom. The molecular weight excluding hydrogens is 254 g/mol. The number of rotatable bonds is 5. The molecule has 0 aliphatic heterocycles. The Labute approximate surface area is 118 Å². The van der Waals surface area contributed by atoms with E-state index >= 15 is 0 Å². The van der Waals surface area contributed by atoms with Crippen LogP contribution in [0.15, 0.2) is 24.3 Å². The van der Waals surface area contributed by atoms with E-state index in [1.54, 1.807) is 11.9 Å². The minimum atomic E-state index is 0.275. The third-order valence-electron chi connectivity index (χ3n) is 2.77. The summed E-state index contributed by atoms with van der Waals surface area (Å²) in [6.07, 6.45) is 1.00. The first kappa shape index (κ1) is 14.0. The van der Waals surface area contributed by atoms with E-state index in [9.17, 15) is 0 Å². The van der Waals surface area contributed by atoms with Crippen LogP contribution in [0.1, 0.15) is 12.5 Å². The lowest BCUT2D eigenvalue weighted by Gasteiger charge is -2.12. The van der Waals surface area contributed by atoms with Crippen LogP contribution in [0, 0.1) is 0 Å². The molecule has 1 aromatic carbocycles. The van der Waals surface area contributed by atoms with Crippen molar-refractivity contribution in [3.63, 3.8) is 0 Å². The number of hydrogen-bond acceptors (Lipinski definition) is 6. The number of ether oxygens (including phenoxy) is 1. The molecule has 0 saturated heterocycles. The zero-order valence-corrected chi connectivity index (χ0v) is 12.2. The molecule has 106 valence electrons. The predicted molar refractivity (Wildman–Crippen MR) is 79.6 cm³/mol. The molecular formula is C14H19N5O. The Balaban J connectivity index is 2.24. The summed E-state index contributed by atoms with van der Waals surface area (Å²) >= 11 is 0. The molecule has 0 saturated carbocycles.